The number of methoxy groups -OCH3 is 2. The maximum absolute atomic E-state index is 11.8. The molecule has 136 valence electrons. The fourth-order valence-electron chi connectivity index (χ4n) is 1.99. The van der Waals surface area contributed by atoms with Crippen LogP contribution in [0.25, 0.3) is 0 Å². The summed E-state index contributed by atoms with van der Waals surface area (Å²) >= 11 is 0. The van der Waals surface area contributed by atoms with Gasteiger partial charge in [-0.05, 0) is 17.7 Å². The van der Waals surface area contributed by atoms with Gasteiger partial charge < -0.3 is 14.4 Å². The van der Waals surface area contributed by atoms with Crippen LogP contribution in [0.2, 0.25) is 0 Å². The first-order chi connectivity index (χ1) is 11.2. The Kier molecular flexibility index (Phi) is 7.46. The molecule has 0 unspecified atom stereocenters. The van der Waals surface area contributed by atoms with Gasteiger partial charge >= 0.3 is 0 Å². The number of carbonyl (C=O) groups excluding carboxylic acids is 1. The van der Waals surface area contributed by atoms with E-state index in [0.717, 1.165) is 9.87 Å². The fraction of sp³-hybridized carbons (Fsp3) is 0.533. The topological polar surface area (TPSA) is 88.2 Å². The Labute approximate surface area is 143 Å². The molecule has 0 bridgehead atoms. The van der Waals surface area contributed by atoms with Crippen molar-refractivity contribution in [2.24, 2.45) is 0 Å². The highest BCUT2D eigenvalue weighted by atomic mass is 32.2. The van der Waals surface area contributed by atoms with E-state index in [1.54, 1.807) is 31.3 Å². The van der Waals surface area contributed by atoms with Gasteiger partial charge in [0.15, 0.2) is 11.5 Å². The maximum atomic E-state index is 11.8. The van der Waals surface area contributed by atoms with Gasteiger partial charge in [0.1, 0.15) is 0 Å². The van der Waals surface area contributed by atoms with Crippen molar-refractivity contribution in [3.05, 3.63) is 23.8 Å². The Bertz CT molecular complexity index is 661. The predicted octanol–water partition coefficient (Wildman–Crippen LogP) is 0.448. The van der Waals surface area contributed by atoms with Crippen LogP contribution in [0, 0.1) is 0 Å². The molecule has 8 nitrogen and oxygen atoms in total. The molecule has 0 fully saturated rings. The van der Waals surface area contributed by atoms with Crippen molar-refractivity contribution in [1.29, 1.82) is 0 Å². The molecule has 0 aromatic heterocycles. The lowest BCUT2D eigenvalue weighted by molar-refractivity contribution is -0.129. The SMILES string of the molecule is COc1ccc(CN(CCNS(=O)(=O)N(C)C)C(C)=O)cc1OC. The van der Waals surface area contributed by atoms with Crippen molar-refractivity contribution in [3.8, 4) is 11.5 Å². The van der Waals surface area contributed by atoms with Gasteiger partial charge in [0.05, 0.1) is 14.2 Å². The Morgan fingerprint density at radius 3 is 2.29 bits per heavy atom. The zero-order chi connectivity index (χ0) is 18.3. The molecule has 1 aromatic carbocycles. The maximum Gasteiger partial charge on any atom is 0.278 e. The van der Waals surface area contributed by atoms with Crippen LogP contribution in [0.5, 0.6) is 11.5 Å². The quantitative estimate of drug-likeness (QED) is 0.692. The van der Waals surface area contributed by atoms with E-state index in [1.165, 1.54) is 21.0 Å². The number of carbonyl (C=O) groups is 1. The van der Waals surface area contributed by atoms with Crippen LogP contribution >= 0.6 is 0 Å². The number of ether oxygens (including phenoxy) is 2. The van der Waals surface area contributed by atoms with Crippen LogP contribution in [-0.4, -0.2) is 64.9 Å². The summed E-state index contributed by atoms with van der Waals surface area (Å²) in [4.78, 5) is 13.4. The standard InChI is InChI=1S/C15H25N3O5S/c1-12(19)18(9-8-16-24(20,21)17(2)3)11-13-6-7-14(22-4)15(10-13)23-5/h6-7,10,16H,8-9,11H2,1-5H3. The molecule has 1 rings (SSSR count). The van der Waals surface area contributed by atoms with Gasteiger partial charge in [0.2, 0.25) is 5.91 Å². The summed E-state index contributed by atoms with van der Waals surface area (Å²) in [7, 11) is 2.47. The summed E-state index contributed by atoms with van der Waals surface area (Å²) in [6.07, 6.45) is 0. The minimum atomic E-state index is -3.50. The van der Waals surface area contributed by atoms with Crippen LogP contribution in [0.15, 0.2) is 18.2 Å². The third-order valence-corrected chi connectivity index (χ3v) is 4.94. The molecule has 0 atom stereocenters. The molecular weight excluding hydrogens is 334 g/mol. The highest BCUT2D eigenvalue weighted by Crippen LogP contribution is 2.28. The van der Waals surface area contributed by atoms with E-state index >= 15 is 0 Å². The van der Waals surface area contributed by atoms with Gasteiger partial charge in [-0.25, -0.2) is 4.72 Å². The number of benzene rings is 1. The molecule has 24 heavy (non-hydrogen) atoms. The summed E-state index contributed by atoms with van der Waals surface area (Å²) in [6, 6.07) is 5.39. The first kappa shape index (κ1) is 20.2. The Balaban J connectivity index is 2.75. The molecule has 0 spiro atoms. The molecular formula is C15H25N3O5S. The van der Waals surface area contributed by atoms with Crippen LogP contribution in [0.4, 0.5) is 0 Å². The van der Waals surface area contributed by atoms with Crippen LogP contribution in [0.1, 0.15) is 12.5 Å². The second-order valence-electron chi connectivity index (χ2n) is 5.31. The lowest BCUT2D eigenvalue weighted by Crippen LogP contribution is -2.41. The number of rotatable bonds is 9. The van der Waals surface area contributed by atoms with E-state index in [0.29, 0.717) is 18.0 Å². The highest BCUT2D eigenvalue weighted by molar-refractivity contribution is 7.87. The lowest BCUT2D eigenvalue weighted by atomic mass is 10.2. The average molecular weight is 359 g/mol. The third-order valence-electron chi connectivity index (χ3n) is 3.41. The Hall–Kier alpha value is -1.84. The second-order valence-corrected chi connectivity index (χ2v) is 7.28. The summed E-state index contributed by atoms with van der Waals surface area (Å²) in [5.41, 5.74) is 0.860. The number of nitrogens with zero attached hydrogens (tertiary/aromatic N) is 2. The summed E-state index contributed by atoms with van der Waals surface area (Å²) in [5.74, 6) is 1.04. The smallest absolute Gasteiger partial charge is 0.278 e. The van der Waals surface area contributed by atoms with E-state index in [-0.39, 0.29) is 19.0 Å². The van der Waals surface area contributed by atoms with Crippen molar-refractivity contribution in [2.75, 3.05) is 41.4 Å². The van der Waals surface area contributed by atoms with Gasteiger partial charge in [-0.1, -0.05) is 6.07 Å². The van der Waals surface area contributed by atoms with Gasteiger partial charge in [0, 0.05) is 40.7 Å². The van der Waals surface area contributed by atoms with Gasteiger partial charge in [-0.3, -0.25) is 4.79 Å². The van der Waals surface area contributed by atoms with E-state index in [1.807, 2.05) is 6.07 Å². The molecule has 0 saturated carbocycles. The largest absolute Gasteiger partial charge is 0.493 e. The molecule has 0 radical (unpaired) electrons. The minimum absolute atomic E-state index is 0.132. The average Bonchev–Trinajstić information content (AvgIpc) is 2.53. The number of hydrogen-bond donors (Lipinski definition) is 1. The first-order valence-corrected chi connectivity index (χ1v) is 8.78. The van der Waals surface area contributed by atoms with Crippen molar-refractivity contribution in [3.63, 3.8) is 0 Å². The van der Waals surface area contributed by atoms with Gasteiger partial charge in [-0.2, -0.15) is 12.7 Å². The summed E-state index contributed by atoms with van der Waals surface area (Å²) < 4.78 is 37.3. The van der Waals surface area contributed by atoms with Crippen LogP contribution in [0.3, 0.4) is 0 Å². The third kappa shape index (κ3) is 5.66. The minimum Gasteiger partial charge on any atom is -0.493 e. The number of nitrogens with one attached hydrogen (secondary N) is 1. The first-order valence-electron chi connectivity index (χ1n) is 7.34. The highest BCUT2D eigenvalue weighted by Gasteiger charge is 2.15. The number of hydrogen-bond acceptors (Lipinski definition) is 5. The lowest BCUT2D eigenvalue weighted by Gasteiger charge is -2.22. The van der Waals surface area contributed by atoms with E-state index in [2.05, 4.69) is 4.72 Å². The molecule has 1 aromatic rings. The molecule has 9 heteroatoms. The van der Waals surface area contributed by atoms with Crippen molar-refractivity contribution < 1.29 is 22.7 Å². The zero-order valence-electron chi connectivity index (χ0n) is 14.7. The summed E-state index contributed by atoms with van der Waals surface area (Å²) in [6.45, 7) is 2.19. The Morgan fingerprint density at radius 1 is 1.17 bits per heavy atom. The molecule has 0 saturated heterocycles. The Morgan fingerprint density at radius 2 is 1.79 bits per heavy atom. The molecule has 0 aliphatic rings. The normalized spacial score (nSPS) is 11.4. The van der Waals surface area contributed by atoms with Gasteiger partial charge in [-0.15, -0.1) is 0 Å². The van der Waals surface area contributed by atoms with E-state index in [9.17, 15) is 13.2 Å². The van der Waals surface area contributed by atoms with E-state index in [4.69, 9.17) is 9.47 Å². The van der Waals surface area contributed by atoms with Crippen LogP contribution < -0.4 is 14.2 Å². The second kappa shape index (κ2) is 8.86. The fourth-order valence-corrected chi connectivity index (χ4v) is 2.59. The summed E-state index contributed by atoms with van der Waals surface area (Å²) in [5, 5.41) is 0. The predicted molar refractivity (Wildman–Crippen MR) is 91.2 cm³/mol. The van der Waals surface area contributed by atoms with Crippen LogP contribution in [-0.2, 0) is 21.5 Å². The molecule has 0 aliphatic carbocycles. The number of amides is 1. The monoisotopic (exact) mass is 359 g/mol. The van der Waals surface area contributed by atoms with E-state index < -0.39 is 10.2 Å². The molecule has 1 amide bonds. The van der Waals surface area contributed by atoms with Crippen molar-refractivity contribution >= 4 is 16.1 Å². The van der Waals surface area contributed by atoms with Crippen molar-refractivity contribution in [2.45, 2.75) is 13.5 Å². The zero-order valence-corrected chi connectivity index (χ0v) is 15.5. The molecule has 0 heterocycles. The molecule has 0 aliphatic heterocycles. The van der Waals surface area contributed by atoms with Gasteiger partial charge in [0.25, 0.3) is 10.2 Å². The molecule has 1 N–H and O–H groups in total. The van der Waals surface area contributed by atoms with Crippen molar-refractivity contribution in [1.82, 2.24) is 13.9 Å².